The molecule has 158 valence electrons. The fourth-order valence-electron chi connectivity index (χ4n) is 3.47. The lowest BCUT2D eigenvalue weighted by molar-refractivity contribution is 0.577. The summed E-state index contributed by atoms with van der Waals surface area (Å²) in [5, 5.41) is 4.15. The lowest BCUT2D eigenvalue weighted by Gasteiger charge is -2.07. The van der Waals surface area contributed by atoms with Gasteiger partial charge < -0.3 is 5.32 Å². The van der Waals surface area contributed by atoms with E-state index in [1.165, 1.54) is 29.4 Å². The van der Waals surface area contributed by atoms with Crippen LogP contribution in [-0.2, 0) is 22.9 Å². The maximum absolute atomic E-state index is 13.7. The Morgan fingerprint density at radius 3 is 2.83 bits per heavy atom. The number of halogens is 1. The van der Waals surface area contributed by atoms with Gasteiger partial charge in [-0.05, 0) is 61.9 Å². The summed E-state index contributed by atoms with van der Waals surface area (Å²) in [5.41, 5.74) is 2.93. The number of rotatable bonds is 8. The number of nitrogens with zero attached hydrogens (tertiary/aromatic N) is 2. The van der Waals surface area contributed by atoms with E-state index in [2.05, 4.69) is 15.0 Å². The minimum absolute atomic E-state index is 0.170. The molecule has 0 spiro atoms. The van der Waals surface area contributed by atoms with E-state index in [0.29, 0.717) is 19.5 Å². The van der Waals surface area contributed by atoms with Crippen LogP contribution in [0.2, 0.25) is 0 Å². The fourth-order valence-corrected chi connectivity index (χ4v) is 5.56. The summed E-state index contributed by atoms with van der Waals surface area (Å²) in [4.78, 5) is 9.91. The predicted octanol–water partition coefficient (Wildman–Crippen LogP) is 4.00. The molecule has 2 aromatic heterocycles. The minimum atomic E-state index is -3.51. The number of unbranched alkanes of at least 4 members (excludes halogenated alkanes) is 1. The number of nitrogens with one attached hydrogen (secondary N) is 2. The van der Waals surface area contributed by atoms with E-state index in [0.717, 1.165) is 47.6 Å². The first kappa shape index (κ1) is 20.9. The fraction of sp³-hybridized carbons (Fsp3) is 0.333. The number of fused-ring (bicyclic) bond motifs is 3. The number of thiazole rings is 1. The van der Waals surface area contributed by atoms with Crippen molar-refractivity contribution >= 4 is 26.5 Å². The number of hydrogen-bond donors (Lipinski definition) is 2. The average Bonchev–Trinajstić information content (AvgIpc) is 3.07. The van der Waals surface area contributed by atoms with E-state index >= 15 is 0 Å². The van der Waals surface area contributed by atoms with Crippen molar-refractivity contribution in [1.29, 1.82) is 0 Å². The maximum Gasteiger partial charge on any atom is 0.242 e. The van der Waals surface area contributed by atoms with Crippen LogP contribution in [0.3, 0.4) is 0 Å². The second kappa shape index (κ2) is 9.20. The Labute approximate surface area is 179 Å². The first-order chi connectivity index (χ1) is 14.5. The molecule has 3 aromatic rings. The van der Waals surface area contributed by atoms with Gasteiger partial charge in [0.15, 0.2) is 5.13 Å². The molecule has 1 aromatic carbocycles. The van der Waals surface area contributed by atoms with Crippen molar-refractivity contribution in [3.05, 3.63) is 59.0 Å². The first-order valence-electron chi connectivity index (χ1n) is 9.95. The highest BCUT2D eigenvalue weighted by Gasteiger charge is 2.20. The maximum atomic E-state index is 13.7. The van der Waals surface area contributed by atoms with Crippen molar-refractivity contribution in [2.75, 3.05) is 18.4 Å². The Morgan fingerprint density at radius 1 is 1.13 bits per heavy atom. The molecule has 1 aliphatic carbocycles. The largest absolute Gasteiger partial charge is 0.361 e. The van der Waals surface area contributed by atoms with Gasteiger partial charge in [0.05, 0.1) is 5.69 Å². The predicted molar refractivity (Wildman–Crippen MR) is 117 cm³/mol. The molecule has 0 aliphatic heterocycles. The number of aromatic nitrogens is 2. The molecule has 4 rings (SSSR count). The van der Waals surface area contributed by atoms with Crippen LogP contribution in [0.25, 0.3) is 11.3 Å². The molecule has 0 saturated heterocycles. The van der Waals surface area contributed by atoms with Crippen LogP contribution in [0.15, 0.2) is 47.6 Å². The monoisotopic (exact) mass is 446 g/mol. The van der Waals surface area contributed by atoms with E-state index in [1.807, 2.05) is 6.07 Å². The SMILES string of the molecule is O=S(=O)(NCCCCNc1nc2c(s1)CCCc1ccc(F)cc1-2)c1cccnc1. The van der Waals surface area contributed by atoms with E-state index in [9.17, 15) is 12.8 Å². The Bertz CT molecular complexity index is 1120. The summed E-state index contributed by atoms with van der Waals surface area (Å²) in [6, 6.07) is 8.07. The van der Waals surface area contributed by atoms with Crippen LogP contribution in [0.5, 0.6) is 0 Å². The normalized spacial score (nSPS) is 13.4. The standard InChI is InChI=1S/C21H23FN4O2S2/c22-16-9-8-15-5-3-7-19-20(18(15)13-16)26-21(29-19)24-11-1-2-12-25-30(27,28)17-6-4-10-23-14-17/h4,6,8-10,13-14,25H,1-3,5,7,11-12H2,(H,24,26). The number of aryl methyl sites for hydroxylation is 2. The molecule has 2 heterocycles. The van der Waals surface area contributed by atoms with Crippen molar-refractivity contribution in [2.45, 2.75) is 37.0 Å². The van der Waals surface area contributed by atoms with E-state index in [-0.39, 0.29) is 10.7 Å². The van der Waals surface area contributed by atoms with Crippen molar-refractivity contribution in [3.63, 3.8) is 0 Å². The molecule has 0 radical (unpaired) electrons. The average molecular weight is 447 g/mol. The van der Waals surface area contributed by atoms with E-state index in [1.54, 1.807) is 23.5 Å². The number of sulfonamides is 1. The quantitative estimate of drug-likeness (QED) is 0.511. The van der Waals surface area contributed by atoms with Crippen LogP contribution >= 0.6 is 11.3 Å². The zero-order valence-electron chi connectivity index (χ0n) is 16.4. The highest BCUT2D eigenvalue weighted by atomic mass is 32.2. The first-order valence-corrected chi connectivity index (χ1v) is 12.2. The lowest BCUT2D eigenvalue weighted by Crippen LogP contribution is -2.25. The summed E-state index contributed by atoms with van der Waals surface area (Å²) in [7, 11) is -3.51. The topological polar surface area (TPSA) is 84.0 Å². The highest BCUT2D eigenvalue weighted by Crippen LogP contribution is 2.37. The smallest absolute Gasteiger partial charge is 0.242 e. The number of benzene rings is 1. The Balaban J connectivity index is 1.29. The third-order valence-corrected chi connectivity index (χ3v) is 7.51. The zero-order valence-corrected chi connectivity index (χ0v) is 18.0. The molecule has 0 atom stereocenters. The Kier molecular flexibility index (Phi) is 6.40. The molecular formula is C21H23FN4O2S2. The van der Waals surface area contributed by atoms with Crippen LogP contribution < -0.4 is 10.0 Å². The molecule has 0 unspecified atom stereocenters. The van der Waals surface area contributed by atoms with Gasteiger partial charge >= 0.3 is 0 Å². The summed E-state index contributed by atoms with van der Waals surface area (Å²) in [6.07, 6.45) is 7.29. The molecule has 1 aliphatic rings. The molecule has 0 bridgehead atoms. The van der Waals surface area contributed by atoms with Crippen LogP contribution in [0.1, 0.15) is 29.7 Å². The Hall–Kier alpha value is -2.36. The van der Waals surface area contributed by atoms with Gasteiger partial charge in [0, 0.05) is 35.9 Å². The van der Waals surface area contributed by atoms with Crippen molar-refractivity contribution in [1.82, 2.24) is 14.7 Å². The van der Waals surface area contributed by atoms with Crippen LogP contribution in [0, 0.1) is 5.82 Å². The summed E-state index contributed by atoms with van der Waals surface area (Å²) < 4.78 is 40.6. The number of pyridine rings is 1. The van der Waals surface area contributed by atoms with Gasteiger partial charge in [-0.1, -0.05) is 6.07 Å². The third-order valence-electron chi connectivity index (χ3n) is 4.99. The van der Waals surface area contributed by atoms with Gasteiger partial charge in [0.1, 0.15) is 10.7 Å². The lowest BCUT2D eigenvalue weighted by atomic mass is 10.0. The van der Waals surface area contributed by atoms with Crippen molar-refractivity contribution in [2.24, 2.45) is 0 Å². The molecule has 0 fully saturated rings. The second-order valence-electron chi connectivity index (χ2n) is 7.17. The number of hydrogen-bond acceptors (Lipinski definition) is 6. The highest BCUT2D eigenvalue weighted by molar-refractivity contribution is 7.89. The number of anilines is 1. The Morgan fingerprint density at radius 2 is 2.00 bits per heavy atom. The molecular weight excluding hydrogens is 423 g/mol. The van der Waals surface area contributed by atoms with Gasteiger partial charge in [0.2, 0.25) is 10.0 Å². The minimum Gasteiger partial charge on any atom is -0.361 e. The summed E-state index contributed by atoms with van der Waals surface area (Å²) in [5.74, 6) is -0.238. The van der Waals surface area contributed by atoms with Crippen LogP contribution in [-0.4, -0.2) is 31.5 Å². The van der Waals surface area contributed by atoms with Crippen LogP contribution in [0.4, 0.5) is 9.52 Å². The third kappa shape index (κ3) is 4.85. The molecule has 9 heteroatoms. The van der Waals surface area contributed by atoms with Gasteiger partial charge in [-0.15, -0.1) is 11.3 Å². The molecule has 0 saturated carbocycles. The summed E-state index contributed by atoms with van der Waals surface area (Å²) in [6.45, 7) is 1.05. The van der Waals surface area contributed by atoms with Gasteiger partial charge in [-0.3, -0.25) is 4.98 Å². The molecule has 6 nitrogen and oxygen atoms in total. The van der Waals surface area contributed by atoms with Gasteiger partial charge in [-0.2, -0.15) is 0 Å². The molecule has 0 amide bonds. The molecule has 30 heavy (non-hydrogen) atoms. The second-order valence-corrected chi connectivity index (χ2v) is 10.0. The van der Waals surface area contributed by atoms with E-state index < -0.39 is 10.0 Å². The van der Waals surface area contributed by atoms with Crippen molar-refractivity contribution in [3.8, 4) is 11.3 Å². The molecule has 2 N–H and O–H groups in total. The van der Waals surface area contributed by atoms with E-state index in [4.69, 9.17) is 4.98 Å². The van der Waals surface area contributed by atoms with Gasteiger partial charge in [0.25, 0.3) is 0 Å². The van der Waals surface area contributed by atoms with Gasteiger partial charge in [-0.25, -0.2) is 22.5 Å². The summed E-state index contributed by atoms with van der Waals surface area (Å²) >= 11 is 1.62. The van der Waals surface area contributed by atoms with Crippen molar-refractivity contribution < 1.29 is 12.8 Å². The zero-order chi connectivity index (χ0) is 21.0.